The molecule has 0 fully saturated rings. The van der Waals surface area contributed by atoms with Crippen LogP contribution in [0.25, 0.3) is 0 Å². The molecule has 2 aromatic rings. The fraction of sp³-hybridized carbons (Fsp3) is 0. The molecule has 0 heterocycles. The Morgan fingerprint density at radius 1 is 0.857 bits per heavy atom. The Balaban J connectivity index is 2.00. The normalized spacial score (nSPS) is 10.0. The Hall–Kier alpha value is -1.31. The summed E-state index contributed by atoms with van der Waals surface area (Å²) >= 11 is 13.6. The monoisotopic (exact) mass is 434 g/mol. The quantitative estimate of drug-likeness (QED) is 0.559. The summed E-state index contributed by atoms with van der Waals surface area (Å²) in [5, 5.41) is 1.08. The molecule has 0 aliphatic heterocycles. The first-order valence-electron chi connectivity index (χ1n) is 5.78. The van der Waals surface area contributed by atoms with Crippen LogP contribution in [0.2, 0.25) is 10.0 Å². The minimum absolute atomic E-state index is 0.394. The van der Waals surface area contributed by atoms with Crippen LogP contribution in [0.1, 0.15) is 20.7 Å². The van der Waals surface area contributed by atoms with Crippen molar-refractivity contribution in [2.24, 2.45) is 0 Å². The number of halogens is 3. The molecule has 2 N–H and O–H groups in total. The van der Waals surface area contributed by atoms with Gasteiger partial charge in [0.05, 0.1) is 5.56 Å². The van der Waals surface area contributed by atoms with Crippen molar-refractivity contribution >= 4 is 57.6 Å². The lowest BCUT2D eigenvalue weighted by atomic mass is 10.2. The van der Waals surface area contributed by atoms with E-state index < -0.39 is 11.8 Å². The summed E-state index contributed by atoms with van der Waals surface area (Å²) in [7, 11) is 0. The van der Waals surface area contributed by atoms with Crippen LogP contribution in [-0.2, 0) is 0 Å². The Morgan fingerprint density at radius 3 is 2.05 bits per heavy atom. The molecule has 2 aromatic carbocycles. The van der Waals surface area contributed by atoms with E-state index in [1.165, 1.54) is 0 Å². The summed E-state index contributed by atoms with van der Waals surface area (Å²) in [4.78, 5) is 23.8. The van der Waals surface area contributed by atoms with E-state index in [4.69, 9.17) is 23.2 Å². The molecule has 2 rings (SSSR count). The molecule has 21 heavy (non-hydrogen) atoms. The summed E-state index contributed by atoms with van der Waals surface area (Å²) < 4.78 is 0.693. The molecule has 4 nitrogen and oxygen atoms in total. The number of carbonyl (C=O) groups is 2. The molecule has 0 spiro atoms. The number of hydrogen-bond donors (Lipinski definition) is 2. The molecule has 0 saturated carbocycles. The predicted octanol–water partition coefficient (Wildman–Crippen LogP) is 3.67. The van der Waals surface area contributed by atoms with Crippen LogP contribution in [0.3, 0.4) is 0 Å². The number of hydrogen-bond acceptors (Lipinski definition) is 2. The van der Waals surface area contributed by atoms with Crippen molar-refractivity contribution in [2.75, 3.05) is 0 Å². The first kappa shape index (κ1) is 16.1. The average molecular weight is 435 g/mol. The van der Waals surface area contributed by atoms with E-state index >= 15 is 0 Å². The highest BCUT2D eigenvalue weighted by Gasteiger charge is 2.12. The van der Waals surface area contributed by atoms with Crippen LogP contribution in [0, 0.1) is 3.57 Å². The van der Waals surface area contributed by atoms with Gasteiger partial charge in [-0.15, -0.1) is 0 Å². The molecule has 0 saturated heterocycles. The highest BCUT2D eigenvalue weighted by atomic mass is 127. The summed E-state index contributed by atoms with van der Waals surface area (Å²) in [6.45, 7) is 0. The minimum Gasteiger partial charge on any atom is -0.267 e. The largest absolute Gasteiger partial charge is 0.270 e. The number of hydrazine groups is 1. The third kappa shape index (κ3) is 4.33. The van der Waals surface area contributed by atoms with Crippen molar-refractivity contribution in [3.63, 3.8) is 0 Å². The summed E-state index contributed by atoms with van der Waals surface area (Å²) in [5.74, 6) is -0.845. The fourth-order valence-corrected chi connectivity index (χ4v) is 2.77. The first-order valence-corrected chi connectivity index (χ1v) is 7.62. The SMILES string of the molecule is O=C(NNC(=O)c1ccc(Cl)cc1I)c1ccc(Cl)cc1. The predicted molar refractivity (Wildman–Crippen MR) is 90.6 cm³/mol. The number of carbonyl (C=O) groups excluding carboxylic acids is 2. The van der Waals surface area contributed by atoms with Crippen molar-refractivity contribution < 1.29 is 9.59 Å². The highest BCUT2D eigenvalue weighted by molar-refractivity contribution is 14.1. The Bertz CT molecular complexity index is 690. The second kappa shape index (κ2) is 7.11. The van der Waals surface area contributed by atoms with E-state index in [0.717, 1.165) is 0 Å². The standard InChI is InChI=1S/C14H9Cl2IN2O2/c15-9-3-1-8(2-4-9)13(20)18-19-14(21)11-6-5-10(16)7-12(11)17/h1-7H,(H,18,20)(H,19,21). The second-order valence-corrected chi connectivity index (χ2v) is 6.07. The Labute approximate surface area is 144 Å². The van der Waals surface area contributed by atoms with E-state index in [-0.39, 0.29) is 0 Å². The lowest BCUT2D eigenvalue weighted by Gasteiger charge is -2.09. The van der Waals surface area contributed by atoms with Gasteiger partial charge in [-0.2, -0.15) is 0 Å². The van der Waals surface area contributed by atoms with Crippen molar-refractivity contribution in [2.45, 2.75) is 0 Å². The van der Waals surface area contributed by atoms with Gasteiger partial charge in [0.2, 0.25) is 0 Å². The molecule has 0 radical (unpaired) electrons. The minimum atomic E-state index is -0.427. The van der Waals surface area contributed by atoms with Gasteiger partial charge in [0.15, 0.2) is 0 Å². The molecule has 108 valence electrons. The maximum absolute atomic E-state index is 12.0. The number of benzene rings is 2. The van der Waals surface area contributed by atoms with Gasteiger partial charge in [-0.1, -0.05) is 23.2 Å². The zero-order valence-corrected chi connectivity index (χ0v) is 14.2. The molecule has 0 aliphatic rings. The molecule has 0 aliphatic carbocycles. The maximum Gasteiger partial charge on any atom is 0.270 e. The average Bonchev–Trinajstić information content (AvgIpc) is 2.45. The highest BCUT2D eigenvalue weighted by Crippen LogP contribution is 2.17. The van der Waals surface area contributed by atoms with Crippen molar-refractivity contribution in [1.29, 1.82) is 0 Å². The molecule has 0 unspecified atom stereocenters. The van der Waals surface area contributed by atoms with E-state index in [0.29, 0.717) is 24.7 Å². The summed E-state index contributed by atoms with van der Waals surface area (Å²) in [5.41, 5.74) is 5.51. The molecule has 0 atom stereocenters. The molecule has 0 bridgehead atoms. The van der Waals surface area contributed by atoms with Crippen LogP contribution in [0.4, 0.5) is 0 Å². The van der Waals surface area contributed by atoms with Gasteiger partial charge >= 0.3 is 0 Å². The van der Waals surface area contributed by atoms with Crippen molar-refractivity contribution in [3.8, 4) is 0 Å². The molecule has 0 aromatic heterocycles. The van der Waals surface area contributed by atoms with Crippen molar-refractivity contribution in [1.82, 2.24) is 10.9 Å². The lowest BCUT2D eigenvalue weighted by molar-refractivity contribution is 0.0846. The Kier molecular flexibility index (Phi) is 5.44. The van der Waals surface area contributed by atoms with Gasteiger partial charge in [0.1, 0.15) is 0 Å². The van der Waals surface area contributed by atoms with E-state index in [1.54, 1.807) is 42.5 Å². The smallest absolute Gasteiger partial charge is 0.267 e. The van der Waals surface area contributed by atoms with Gasteiger partial charge in [-0.25, -0.2) is 0 Å². The van der Waals surface area contributed by atoms with Gasteiger partial charge in [-0.3, -0.25) is 20.4 Å². The van der Waals surface area contributed by atoms with Crippen LogP contribution in [0.5, 0.6) is 0 Å². The van der Waals surface area contributed by atoms with Crippen molar-refractivity contribution in [3.05, 3.63) is 67.2 Å². The third-order valence-electron chi connectivity index (χ3n) is 2.57. The van der Waals surface area contributed by atoms with Crippen LogP contribution in [-0.4, -0.2) is 11.8 Å². The van der Waals surface area contributed by atoms with E-state index in [1.807, 2.05) is 22.6 Å². The number of nitrogens with one attached hydrogen (secondary N) is 2. The number of rotatable bonds is 2. The lowest BCUT2D eigenvalue weighted by Crippen LogP contribution is -2.41. The van der Waals surface area contributed by atoms with E-state index in [2.05, 4.69) is 10.9 Å². The maximum atomic E-state index is 12.0. The third-order valence-corrected chi connectivity index (χ3v) is 3.95. The second-order valence-electron chi connectivity index (χ2n) is 4.04. The van der Waals surface area contributed by atoms with Gasteiger partial charge in [-0.05, 0) is 65.1 Å². The Morgan fingerprint density at radius 2 is 1.43 bits per heavy atom. The molecule has 2 amide bonds. The topological polar surface area (TPSA) is 58.2 Å². The molecular formula is C14H9Cl2IN2O2. The zero-order chi connectivity index (χ0) is 15.4. The molecular weight excluding hydrogens is 426 g/mol. The van der Waals surface area contributed by atoms with Gasteiger partial charge in [0.25, 0.3) is 11.8 Å². The first-order chi connectivity index (χ1) is 9.97. The van der Waals surface area contributed by atoms with Gasteiger partial charge < -0.3 is 0 Å². The van der Waals surface area contributed by atoms with E-state index in [9.17, 15) is 9.59 Å². The molecule has 7 heteroatoms. The zero-order valence-electron chi connectivity index (χ0n) is 10.5. The number of amides is 2. The van der Waals surface area contributed by atoms with Crippen LogP contribution in [0.15, 0.2) is 42.5 Å². The summed E-state index contributed by atoms with van der Waals surface area (Å²) in [6.07, 6.45) is 0. The fourth-order valence-electron chi connectivity index (χ4n) is 1.53. The van der Waals surface area contributed by atoms with Crippen LogP contribution >= 0.6 is 45.8 Å². The summed E-state index contributed by atoms with van der Waals surface area (Å²) in [6, 6.07) is 11.2. The van der Waals surface area contributed by atoms with Gasteiger partial charge in [0, 0.05) is 19.2 Å². The van der Waals surface area contributed by atoms with Crippen LogP contribution < -0.4 is 10.9 Å².